The molecule has 0 spiro atoms. The Morgan fingerprint density at radius 1 is 1.24 bits per heavy atom. The van der Waals surface area contributed by atoms with Gasteiger partial charge < -0.3 is 9.84 Å². The molecule has 2 N–H and O–H groups in total. The van der Waals surface area contributed by atoms with Crippen LogP contribution in [-0.4, -0.2) is 19.5 Å². The van der Waals surface area contributed by atoms with E-state index in [-0.39, 0.29) is 28.1 Å². The average Bonchev–Trinajstić information content (AvgIpc) is 3.34. The van der Waals surface area contributed by atoms with Crippen LogP contribution in [0.4, 0.5) is 5.69 Å². The van der Waals surface area contributed by atoms with Crippen LogP contribution < -0.4 is 10.0 Å². The van der Waals surface area contributed by atoms with Crippen LogP contribution in [0.15, 0.2) is 56.6 Å². The predicted molar refractivity (Wildman–Crippen MR) is 110 cm³/mol. The molecule has 0 unspecified atom stereocenters. The Labute approximate surface area is 179 Å². The fourth-order valence-electron chi connectivity index (χ4n) is 2.81. The molecule has 10 heteroatoms. The number of sulfonamides is 1. The molecule has 3 aromatic rings. The highest BCUT2D eigenvalue weighted by Gasteiger charge is 2.29. The fraction of sp³-hybridized carbons (Fsp3) is 0.0526. The topological polar surface area (TPSA) is 101 Å². The fourth-order valence-corrected chi connectivity index (χ4v) is 5.07. The zero-order valence-electron chi connectivity index (χ0n) is 14.5. The summed E-state index contributed by atoms with van der Waals surface area (Å²) in [5, 5.41) is 6.53. The van der Waals surface area contributed by atoms with Crippen LogP contribution in [-0.2, 0) is 16.6 Å². The van der Waals surface area contributed by atoms with E-state index in [2.05, 4.69) is 43.0 Å². The molecule has 1 aliphatic heterocycles. The van der Waals surface area contributed by atoms with Gasteiger partial charge in [0.25, 0.3) is 15.9 Å². The van der Waals surface area contributed by atoms with Crippen molar-refractivity contribution < 1.29 is 17.7 Å². The number of fused-ring (bicyclic) bond motifs is 1. The summed E-state index contributed by atoms with van der Waals surface area (Å²) in [5.41, 5.74) is 1.94. The van der Waals surface area contributed by atoms with E-state index >= 15 is 0 Å². The van der Waals surface area contributed by atoms with Gasteiger partial charge >= 0.3 is 0 Å². The number of carbonyl (C=O) groups is 1. The number of halogens is 2. The van der Waals surface area contributed by atoms with E-state index in [1.807, 2.05) is 0 Å². The first-order valence-electron chi connectivity index (χ1n) is 8.19. The maximum Gasteiger partial charge on any atom is 0.261 e. The monoisotopic (exact) mass is 491 g/mol. The molecular weight excluding hydrogens is 482 g/mol. The number of aromatic nitrogens is 1. The minimum Gasteiger partial charge on any atom is -0.363 e. The van der Waals surface area contributed by atoms with Crippen LogP contribution in [0, 0.1) is 11.8 Å². The molecule has 0 atom stereocenters. The SMILES string of the molecule is O=C1NCc2c(NS(=O)(=O)c3cccc(C#Cc4ccon4)c3)c(Cl)cc(Br)c21. The van der Waals surface area contributed by atoms with Crippen molar-refractivity contribution in [2.24, 2.45) is 0 Å². The molecule has 1 aliphatic rings. The second kappa shape index (κ2) is 7.55. The molecule has 4 rings (SSSR count). The lowest BCUT2D eigenvalue weighted by molar-refractivity contribution is 0.0965. The van der Waals surface area contributed by atoms with Gasteiger partial charge in [0.15, 0.2) is 5.69 Å². The highest BCUT2D eigenvalue weighted by Crippen LogP contribution is 2.38. The lowest BCUT2D eigenvalue weighted by Crippen LogP contribution is -2.15. The van der Waals surface area contributed by atoms with E-state index in [0.717, 1.165) is 0 Å². The standard InChI is InChI=1S/C19H11BrClN3O4S/c20-15-9-16(21)18(14-10-22-19(25)17(14)15)24-29(26,27)13-3-1-2-11(8-13)4-5-12-6-7-28-23-12/h1-3,6-9,24H,10H2,(H,22,25). The van der Waals surface area contributed by atoms with Crippen molar-refractivity contribution in [2.45, 2.75) is 11.4 Å². The second-order valence-corrected chi connectivity index (χ2v) is 8.96. The smallest absolute Gasteiger partial charge is 0.261 e. The van der Waals surface area contributed by atoms with Crippen LogP contribution in [0.1, 0.15) is 27.2 Å². The number of benzene rings is 2. The third kappa shape index (κ3) is 3.87. The van der Waals surface area contributed by atoms with Crippen molar-refractivity contribution in [1.82, 2.24) is 10.5 Å². The Morgan fingerprint density at radius 3 is 2.83 bits per heavy atom. The zero-order chi connectivity index (χ0) is 20.6. The quantitative estimate of drug-likeness (QED) is 0.545. The molecule has 0 aliphatic carbocycles. The Morgan fingerprint density at radius 2 is 2.07 bits per heavy atom. The molecule has 29 heavy (non-hydrogen) atoms. The number of nitrogens with zero attached hydrogens (tertiary/aromatic N) is 1. The van der Waals surface area contributed by atoms with E-state index in [9.17, 15) is 13.2 Å². The van der Waals surface area contributed by atoms with Gasteiger partial charge in [-0.25, -0.2) is 8.42 Å². The summed E-state index contributed by atoms with van der Waals surface area (Å²) in [6.07, 6.45) is 1.40. The first-order chi connectivity index (χ1) is 13.8. The summed E-state index contributed by atoms with van der Waals surface area (Å²) in [6.45, 7) is 0.175. The van der Waals surface area contributed by atoms with Crippen molar-refractivity contribution >= 4 is 49.1 Å². The summed E-state index contributed by atoms with van der Waals surface area (Å²) < 4.78 is 33.6. The Kier molecular flexibility index (Phi) is 5.08. The van der Waals surface area contributed by atoms with Crippen LogP contribution in [0.2, 0.25) is 5.02 Å². The molecule has 1 amide bonds. The molecule has 1 aromatic heterocycles. The molecule has 0 fully saturated rings. The molecule has 7 nitrogen and oxygen atoms in total. The Hall–Kier alpha value is -2.80. The third-order valence-corrected chi connectivity index (χ3v) is 6.41. The van der Waals surface area contributed by atoms with Crippen LogP contribution in [0.5, 0.6) is 0 Å². The van der Waals surface area contributed by atoms with E-state index in [1.54, 1.807) is 18.2 Å². The third-order valence-electron chi connectivity index (χ3n) is 4.14. The second-order valence-electron chi connectivity index (χ2n) is 6.02. The number of rotatable bonds is 3. The molecular formula is C19H11BrClN3O4S. The summed E-state index contributed by atoms with van der Waals surface area (Å²) in [6, 6.07) is 9.23. The molecule has 2 heterocycles. The van der Waals surface area contributed by atoms with Gasteiger partial charge in [0.2, 0.25) is 0 Å². The summed E-state index contributed by atoms with van der Waals surface area (Å²) in [5.74, 6) is 5.32. The van der Waals surface area contributed by atoms with E-state index in [1.165, 1.54) is 24.5 Å². The zero-order valence-corrected chi connectivity index (χ0v) is 17.7. The molecule has 0 radical (unpaired) electrons. The first kappa shape index (κ1) is 19.5. The number of carbonyl (C=O) groups excluding carboxylic acids is 1. The lowest BCUT2D eigenvalue weighted by atomic mass is 10.1. The molecule has 146 valence electrons. The van der Waals surface area contributed by atoms with Gasteiger partial charge in [-0.1, -0.05) is 28.7 Å². The summed E-state index contributed by atoms with van der Waals surface area (Å²) >= 11 is 9.55. The van der Waals surface area contributed by atoms with Crippen molar-refractivity contribution in [1.29, 1.82) is 0 Å². The first-order valence-corrected chi connectivity index (χ1v) is 10.8. The van der Waals surface area contributed by atoms with Crippen molar-refractivity contribution in [3.8, 4) is 11.8 Å². The van der Waals surface area contributed by atoms with Crippen LogP contribution in [0.3, 0.4) is 0 Å². The van der Waals surface area contributed by atoms with Gasteiger partial charge in [0, 0.05) is 28.2 Å². The average molecular weight is 493 g/mol. The number of hydrogen-bond donors (Lipinski definition) is 2. The van der Waals surface area contributed by atoms with E-state index < -0.39 is 10.0 Å². The summed E-state index contributed by atoms with van der Waals surface area (Å²) in [4.78, 5) is 12.0. The number of amides is 1. The molecule has 0 bridgehead atoms. The highest BCUT2D eigenvalue weighted by molar-refractivity contribution is 9.10. The molecule has 0 saturated carbocycles. The lowest BCUT2D eigenvalue weighted by Gasteiger charge is -2.14. The van der Waals surface area contributed by atoms with E-state index in [0.29, 0.717) is 26.9 Å². The van der Waals surface area contributed by atoms with Gasteiger partial charge in [-0.15, -0.1) is 0 Å². The minimum atomic E-state index is -3.97. The molecule has 0 saturated heterocycles. The van der Waals surface area contributed by atoms with Gasteiger partial charge in [-0.2, -0.15) is 0 Å². The number of hydrogen-bond acceptors (Lipinski definition) is 5. The van der Waals surface area contributed by atoms with Gasteiger partial charge in [-0.05, 0) is 46.1 Å². The van der Waals surface area contributed by atoms with Crippen molar-refractivity contribution in [2.75, 3.05) is 4.72 Å². The van der Waals surface area contributed by atoms with Gasteiger partial charge in [0.1, 0.15) is 6.26 Å². The van der Waals surface area contributed by atoms with Crippen molar-refractivity contribution in [3.63, 3.8) is 0 Å². The largest absolute Gasteiger partial charge is 0.363 e. The minimum absolute atomic E-state index is 0.00877. The predicted octanol–water partition coefficient (Wildman–Crippen LogP) is 3.53. The van der Waals surface area contributed by atoms with Gasteiger partial charge in [-0.3, -0.25) is 9.52 Å². The van der Waals surface area contributed by atoms with E-state index in [4.69, 9.17) is 16.1 Å². The van der Waals surface area contributed by atoms with Crippen LogP contribution in [0.25, 0.3) is 0 Å². The number of anilines is 1. The Bertz CT molecular complexity index is 1290. The highest BCUT2D eigenvalue weighted by atomic mass is 79.9. The Balaban J connectivity index is 1.69. The number of nitrogens with one attached hydrogen (secondary N) is 2. The maximum absolute atomic E-state index is 12.9. The van der Waals surface area contributed by atoms with Gasteiger partial charge in [0.05, 0.1) is 21.2 Å². The summed E-state index contributed by atoms with van der Waals surface area (Å²) in [7, 11) is -3.97. The normalized spacial score (nSPS) is 12.7. The van der Waals surface area contributed by atoms with Crippen molar-refractivity contribution in [3.05, 3.63) is 74.5 Å². The maximum atomic E-state index is 12.9. The van der Waals surface area contributed by atoms with Crippen LogP contribution >= 0.6 is 27.5 Å². The molecule has 2 aromatic carbocycles.